The predicted octanol–water partition coefficient (Wildman–Crippen LogP) is 1.45. The molecule has 0 spiro atoms. The van der Waals surface area contributed by atoms with Crippen LogP contribution < -0.4 is 14.8 Å². The maximum atomic E-state index is 12.0. The van der Waals surface area contributed by atoms with E-state index in [9.17, 15) is 9.59 Å². The van der Waals surface area contributed by atoms with E-state index in [0.29, 0.717) is 30.0 Å². The van der Waals surface area contributed by atoms with Gasteiger partial charge in [-0.2, -0.15) is 0 Å². The molecule has 6 heteroatoms. The van der Waals surface area contributed by atoms with Gasteiger partial charge in [-0.3, -0.25) is 9.59 Å². The normalized spacial score (nSPS) is 12.7. The van der Waals surface area contributed by atoms with E-state index in [0.717, 1.165) is 5.56 Å². The van der Waals surface area contributed by atoms with Crippen molar-refractivity contribution in [2.45, 2.75) is 12.8 Å². The van der Waals surface area contributed by atoms with E-state index in [1.807, 2.05) is 12.1 Å². The third kappa shape index (κ3) is 3.75. The first-order valence-corrected chi connectivity index (χ1v) is 6.62. The molecule has 0 saturated heterocycles. The summed E-state index contributed by atoms with van der Waals surface area (Å²) >= 11 is 0. The quantitative estimate of drug-likeness (QED) is 0.775. The SMILES string of the molecule is COc1cccc2c1OCC(C(=O)NCCCC(=O)O)=C2. The fourth-order valence-electron chi connectivity index (χ4n) is 2.03. The van der Waals surface area contributed by atoms with Gasteiger partial charge in [-0.15, -0.1) is 0 Å². The molecule has 2 N–H and O–H groups in total. The van der Waals surface area contributed by atoms with E-state index in [1.54, 1.807) is 19.3 Å². The lowest BCUT2D eigenvalue weighted by Gasteiger charge is -2.19. The lowest BCUT2D eigenvalue weighted by molar-refractivity contribution is -0.137. The van der Waals surface area contributed by atoms with Crippen LogP contribution in [0.5, 0.6) is 11.5 Å². The minimum atomic E-state index is -0.870. The molecule has 1 aliphatic rings. The number of carboxylic acids is 1. The van der Waals surface area contributed by atoms with Gasteiger partial charge in [0.1, 0.15) is 6.61 Å². The monoisotopic (exact) mass is 291 g/mol. The Morgan fingerprint density at radius 1 is 1.43 bits per heavy atom. The van der Waals surface area contributed by atoms with E-state index >= 15 is 0 Å². The molecule has 1 aliphatic heterocycles. The number of hydrogen-bond acceptors (Lipinski definition) is 4. The molecule has 0 saturated carbocycles. The Morgan fingerprint density at radius 3 is 2.95 bits per heavy atom. The topological polar surface area (TPSA) is 84.9 Å². The molecule has 112 valence electrons. The van der Waals surface area contributed by atoms with Crippen LogP contribution in [-0.2, 0) is 9.59 Å². The third-order valence-electron chi connectivity index (χ3n) is 3.08. The Balaban J connectivity index is 1.99. The highest BCUT2D eigenvalue weighted by atomic mass is 16.5. The molecule has 1 aromatic rings. The van der Waals surface area contributed by atoms with Gasteiger partial charge in [-0.1, -0.05) is 12.1 Å². The first kappa shape index (κ1) is 14.9. The van der Waals surface area contributed by atoms with Crippen molar-refractivity contribution in [3.8, 4) is 11.5 Å². The minimum absolute atomic E-state index is 0.0376. The number of carbonyl (C=O) groups is 2. The summed E-state index contributed by atoms with van der Waals surface area (Å²) in [5.41, 5.74) is 1.29. The zero-order chi connectivity index (χ0) is 15.2. The lowest BCUT2D eigenvalue weighted by Crippen LogP contribution is -2.29. The molecule has 1 heterocycles. The van der Waals surface area contributed by atoms with Crippen molar-refractivity contribution in [3.05, 3.63) is 29.3 Å². The van der Waals surface area contributed by atoms with Gasteiger partial charge in [-0.05, 0) is 18.6 Å². The maximum Gasteiger partial charge on any atom is 0.303 e. The number of methoxy groups -OCH3 is 1. The summed E-state index contributed by atoms with van der Waals surface area (Å²) in [7, 11) is 1.56. The predicted molar refractivity (Wildman–Crippen MR) is 76.3 cm³/mol. The highest BCUT2D eigenvalue weighted by Gasteiger charge is 2.19. The Hall–Kier alpha value is -2.50. The van der Waals surface area contributed by atoms with Gasteiger partial charge in [0, 0.05) is 18.5 Å². The number of hydrogen-bond donors (Lipinski definition) is 2. The first-order valence-electron chi connectivity index (χ1n) is 6.62. The van der Waals surface area contributed by atoms with Gasteiger partial charge in [0.2, 0.25) is 0 Å². The molecule has 0 aliphatic carbocycles. The second kappa shape index (κ2) is 6.78. The summed E-state index contributed by atoms with van der Waals surface area (Å²) in [6.45, 7) is 0.492. The number of fused-ring (bicyclic) bond motifs is 1. The average Bonchev–Trinajstić information content (AvgIpc) is 2.49. The summed E-state index contributed by atoms with van der Waals surface area (Å²) in [6.07, 6.45) is 2.20. The van der Waals surface area contributed by atoms with Crippen LogP contribution in [0.3, 0.4) is 0 Å². The zero-order valence-corrected chi connectivity index (χ0v) is 11.7. The Kier molecular flexibility index (Phi) is 4.81. The van der Waals surface area contributed by atoms with E-state index in [2.05, 4.69) is 5.32 Å². The van der Waals surface area contributed by atoms with Crippen molar-refractivity contribution < 1.29 is 24.2 Å². The smallest absolute Gasteiger partial charge is 0.303 e. The van der Waals surface area contributed by atoms with Gasteiger partial charge in [0.05, 0.1) is 12.7 Å². The first-order chi connectivity index (χ1) is 10.1. The number of aliphatic carboxylic acids is 1. The van der Waals surface area contributed by atoms with Gasteiger partial charge < -0.3 is 19.9 Å². The van der Waals surface area contributed by atoms with Crippen LogP contribution in [-0.4, -0.2) is 37.2 Å². The number of benzene rings is 1. The molecular weight excluding hydrogens is 274 g/mol. The fraction of sp³-hybridized carbons (Fsp3) is 0.333. The highest BCUT2D eigenvalue weighted by Crippen LogP contribution is 2.35. The molecule has 0 fully saturated rings. The van der Waals surface area contributed by atoms with Crippen LogP contribution in [0.4, 0.5) is 0 Å². The molecule has 0 atom stereocenters. The largest absolute Gasteiger partial charge is 0.493 e. The molecule has 0 unspecified atom stereocenters. The van der Waals surface area contributed by atoms with Gasteiger partial charge in [0.25, 0.3) is 5.91 Å². The van der Waals surface area contributed by atoms with Crippen LogP contribution in [0.25, 0.3) is 6.08 Å². The number of carboxylic acid groups (broad SMARTS) is 1. The molecule has 1 aromatic carbocycles. The fourth-order valence-corrected chi connectivity index (χ4v) is 2.03. The van der Waals surface area contributed by atoms with Crippen LogP contribution in [0.2, 0.25) is 0 Å². The van der Waals surface area contributed by atoms with Gasteiger partial charge in [-0.25, -0.2) is 0 Å². The van der Waals surface area contributed by atoms with Crippen LogP contribution in [0.15, 0.2) is 23.8 Å². The lowest BCUT2D eigenvalue weighted by atomic mass is 10.1. The molecule has 0 aromatic heterocycles. The second-order valence-electron chi connectivity index (χ2n) is 4.59. The summed E-state index contributed by atoms with van der Waals surface area (Å²) in [6, 6.07) is 5.46. The van der Waals surface area contributed by atoms with Crippen molar-refractivity contribution in [2.24, 2.45) is 0 Å². The molecule has 21 heavy (non-hydrogen) atoms. The van der Waals surface area contributed by atoms with Crippen molar-refractivity contribution in [1.82, 2.24) is 5.32 Å². The summed E-state index contributed by atoms with van der Waals surface area (Å²) in [5.74, 6) is 0.145. The molecular formula is C15H17NO5. The third-order valence-corrected chi connectivity index (χ3v) is 3.08. The Bertz CT molecular complexity index is 579. The maximum absolute atomic E-state index is 12.0. The van der Waals surface area contributed by atoms with Gasteiger partial charge >= 0.3 is 5.97 Å². The summed E-state index contributed by atoms with van der Waals surface area (Å²) in [4.78, 5) is 22.4. The van der Waals surface area contributed by atoms with Gasteiger partial charge in [0.15, 0.2) is 11.5 Å². The minimum Gasteiger partial charge on any atom is -0.493 e. The molecule has 1 amide bonds. The number of carbonyl (C=O) groups excluding carboxylic acids is 1. The summed E-state index contributed by atoms with van der Waals surface area (Å²) in [5, 5.41) is 11.2. The van der Waals surface area contributed by atoms with Crippen molar-refractivity contribution in [1.29, 1.82) is 0 Å². The Morgan fingerprint density at radius 2 is 2.24 bits per heavy atom. The number of nitrogens with one attached hydrogen (secondary N) is 1. The average molecular weight is 291 g/mol. The Labute approximate surface area is 122 Å². The molecule has 0 radical (unpaired) electrons. The van der Waals surface area contributed by atoms with E-state index in [4.69, 9.17) is 14.6 Å². The molecule has 0 bridgehead atoms. The standard InChI is InChI=1S/C15H17NO5/c1-20-12-5-2-4-10-8-11(9-21-14(10)12)15(19)16-7-3-6-13(17)18/h2,4-5,8H,3,6-7,9H2,1H3,(H,16,19)(H,17,18). The van der Waals surface area contributed by atoms with E-state index in [1.165, 1.54) is 0 Å². The van der Waals surface area contributed by atoms with E-state index < -0.39 is 5.97 Å². The van der Waals surface area contributed by atoms with Crippen molar-refractivity contribution >= 4 is 18.0 Å². The van der Waals surface area contributed by atoms with Crippen LogP contribution in [0, 0.1) is 0 Å². The summed E-state index contributed by atoms with van der Waals surface area (Å²) < 4.78 is 10.8. The highest BCUT2D eigenvalue weighted by molar-refractivity contribution is 5.99. The molecule has 6 nitrogen and oxygen atoms in total. The van der Waals surface area contributed by atoms with Crippen LogP contribution >= 0.6 is 0 Å². The second-order valence-corrected chi connectivity index (χ2v) is 4.59. The molecule has 2 rings (SSSR count). The number of amides is 1. The van der Waals surface area contributed by atoms with Crippen molar-refractivity contribution in [3.63, 3.8) is 0 Å². The zero-order valence-electron chi connectivity index (χ0n) is 11.7. The number of ether oxygens (including phenoxy) is 2. The number of para-hydroxylation sites is 1. The van der Waals surface area contributed by atoms with Crippen LogP contribution in [0.1, 0.15) is 18.4 Å². The number of rotatable bonds is 6. The van der Waals surface area contributed by atoms with E-state index in [-0.39, 0.29) is 18.9 Å². The van der Waals surface area contributed by atoms with Crippen molar-refractivity contribution in [2.75, 3.05) is 20.3 Å².